The Labute approximate surface area is 155 Å². The van der Waals surface area contributed by atoms with Crippen LogP contribution in [-0.4, -0.2) is 35.6 Å². The molecule has 2 aromatic carbocycles. The largest absolute Gasteiger partial charge is 0.342 e. The second-order valence-electron chi connectivity index (χ2n) is 6.71. The van der Waals surface area contributed by atoms with Gasteiger partial charge in [-0.25, -0.2) is 4.39 Å². The molecule has 4 nitrogen and oxygen atoms in total. The van der Waals surface area contributed by atoms with Crippen molar-refractivity contribution in [3.63, 3.8) is 0 Å². The lowest BCUT2D eigenvalue weighted by atomic mass is 9.73. The monoisotopic (exact) mass is 370 g/mol. The van der Waals surface area contributed by atoms with Crippen LogP contribution in [0.5, 0.6) is 0 Å². The van der Waals surface area contributed by atoms with Crippen LogP contribution in [0.25, 0.3) is 0 Å². The maximum atomic E-state index is 13.2. The standard InChI is InChI=1S/C20H19FN2O2S/c21-14-4-3-5-15(12-14)26-13-18(24)23-10-8-20(9-11-23)16-6-1-2-7-17(16)22-19(20)25/h1-7,12H,8-11,13H2,(H,22,25). The summed E-state index contributed by atoms with van der Waals surface area (Å²) in [6, 6.07) is 14.1. The van der Waals surface area contributed by atoms with Gasteiger partial charge in [0.25, 0.3) is 0 Å². The van der Waals surface area contributed by atoms with Gasteiger partial charge in [-0.3, -0.25) is 9.59 Å². The lowest BCUT2D eigenvalue weighted by molar-refractivity contribution is -0.132. The Morgan fingerprint density at radius 2 is 1.92 bits per heavy atom. The Kier molecular flexibility index (Phi) is 4.44. The molecule has 4 rings (SSSR count). The van der Waals surface area contributed by atoms with Gasteiger partial charge in [-0.15, -0.1) is 11.8 Å². The number of anilines is 1. The number of thioether (sulfide) groups is 1. The maximum Gasteiger partial charge on any atom is 0.235 e. The van der Waals surface area contributed by atoms with E-state index in [1.165, 1.54) is 23.9 Å². The number of halogens is 1. The SMILES string of the molecule is O=C(CSc1cccc(F)c1)N1CCC2(CC1)C(=O)Nc1ccccc12. The van der Waals surface area contributed by atoms with E-state index in [1.54, 1.807) is 12.1 Å². The number of likely N-dealkylation sites (tertiary alicyclic amines) is 1. The number of fused-ring (bicyclic) bond motifs is 2. The number of rotatable bonds is 3. The van der Waals surface area contributed by atoms with Gasteiger partial charge in [0.15, 0.2) is 0 Å². The van der Waals surface area contributed by atoms with Gasteiger partial charge in [-0.1, -0.05) is 24.3 Å². The molecule has 0 unspecified atom stereocenters. The van der Waals surface area contributed by atoms with Crippen LogP contribution in [0.2, 0.25) is 0 Å². The lowest BCUT2D eigenvalue weighted by Crippen LogP contribution is -2.48. The van der Waals surface area contributed by atoms with E-state index < -0.39 is 5.41 Å². The number of amides is 2. The van der Waals surface area contributed by atoms with Gasteiger partial charge in [-0.2, -0.15) is 0 Å². The Hall–Kier alpha value is -2.34. The second-order valence-corrected chi connectivity index (χ2v) is 7.76. The van der Waals surface area contributed by atoms with Crippen molar-refractivity contribution in [1.29, 1.82) is 0 Å². The van der Waals surface area contributed by atoms with Crippen LogP contribution in [0, 0.1) is 5.82 Å². The number of hydrogen-bond acceptors (Lipinski definition) is 3. The number of para-hydroxylation sites is 1. The molecule has 0 saturated carbocycles. The second kappa shape index (κ2) is 6.76. The molecule has 2 heterocycles. The van der Waals surface area contributed by atoms with Gasteiger partial charge < -0.3 is 10.2 Å². The molecule has 1 spiro atoms. The zero-order valence-electron chi connectivity index (χ0n) is 14.2. The smallest absolute Gasteiger partial charge is 0.235 e. The first kappa shape index (κ1) is 17.1. The van der Waals surface area contributed by atoms with Gasteiger partial charge in [0.05, 0.1) is 11.2 Å². The van der Waals surface area contributed by atoms with Crippen molar-refractivity contribution in [3.05, 3.63) is 59.9 Å². The van der Waals surface area contributed by atoms with E-state index in [4.69, 9.17) is 0 Å². The molecule has 2 amide bonds. The Morgan fingerprint density at radius 3 is 2.69 bits per heavy atom. The fourth-order valence-corrected chi connectivity index (χ4v) is 4.64. The van der Waals surface area contributed by atoms with Crippen molar-refractivity contribution in [3.8, 4) is 0 Å². The minimum atomic E-state index is -0.511. The van der Waals surface area contributed by atoms with Crippen LogP contribution >= 0.6 is 11.8 Å². The average Bonchev–Trinajstić information content (AvgIpc) is 2.92. The molecule has 2 aromatic rings. The first-order chi connectivity index (χ1) is 12.6. The van der Waals surface area contributed by atoms with Crippen LogP contribution in [0.15, 0.2) is 53.4 Å². The van der Waals surface area contributed by atoms with Crippen molar-refractivity contribution in [2.24, 2.45) is 0 Å². The number of nitrogens with one attached hydrogen (secondary N) is 1. The molecule has 1 saturated heterocycles. The van der Waals surface area contributed by atoms with Crippen molar-refractivity contribution in [2.45, 2.75) is 23.2 Å². The highest BCUT2D eigenvalue weighted by Crippen LogP contribution is 2.44. The number of hydrogen-bond donors (Lipinski definition) is 1. The first-order valence-electron chi connectivity index (χ1n) is 8.66. The van der Waals surface area contributed by atoms with E-state index in [2.05, 4.69) is 5.32 Å². The molecular weight excluding hydrogens is 351 g/mol. The highest BCUT2D eigenvalue weighted by atomic mass is 32.2. The summed E-state index contributed by atoms with van der Waals surface area (Å²) < 4.78 is 13.2. The maximum absolute atomic E-state index is 13.2. The third-order valence-corrected chi connectivity index (χ3v) is 6.23. The van der Waals surface area contributed by atoms with Crippen molar-refractivity contribution >= 4 is 29.3 Å². The van der Waals surface area contributed by atoms with Crippen molar-refractivity contribution in [1.82, 2.24) is 4.90 Å². The molecule has 26 heavy (non-hydrogen) atoms. The Morgan fingerprint density at radius 1 is 1.15 bits per heavy atom. The predicted molar refractivity (Wildman–Crippen MR) is 99.7 cm³/mol. The van der Waals surface area contributed by atoms with Crippen LogP contribution < -0.4 is 5.32 Å². The van der Waals surface area contributed by atoms with Crippen LogP contribution in [0.1, 0.15) is 18.4 Å². The molecule has 0 aliphatic carbocycles. The Balaban J connectivity index is 1.39. The van der Waals surface area contributed by atoms with Gasteiger partial charge >= 0.3 is 0 Å². The van der Waals surface area contributed by atoms with Gasteiger partial charge in [-0.05, 0) is 42.7 Å². The third-order valence-electron chi connectivity index (χ3n) is 5.25. The fourth-order valence-electron chi connectivity index (χ4n) is 3.80. The summed E-state index contributed by atoms with van der Waals surface area (Å²) in [4.78, 5) is 27.6. The minimum absolute atomic E-state index is 0.0285. The number of benzene rings is 2. The predicted octanol–water partition coefficient (Wildman–Crippen LogP) is 3.43. The van der Waals surface area contributed by atoms with E-state index in [0.717, 1.165) is 16.1 Å². The van der Waals surface area contributed by atoms with E-state index in [1.807, 2.05) is 29.2 Å². The van der Waals surface area contributed by atoms with Gasteiger partial charge in [0.2, 0.25) is 11.8 Å². The fraction of sp³-hybridized carbons (Fsp3) is 0.300. The van der Waals surface area contributed by atoms with Gasteiger partial charge in [0.1, 0.15) is 5.82 Å². The molecule has 0 aromatic heterocycles. The molecule has 2 aliphatic rings. The quantitative estimate of drug-likeness (QED) is 0.842. The number of nitrogens with zero attached hydrogens (tertiary/aromatic N) is 1. The zero-order chi connectivity index (χ0) is 18.1. The summed E-state index contributed by atoms with van der Waals surface area (Å²) in [6.07, 6.45) is 1.26. The normalized spacial score (nSPS) is 17.9. The molecule has 6 heteroatoms. The van der Waals surface area contributed by atoms with Crippen LogP contribution in [-0.2, 0) is 15.0 Å². The average molecular weight is 370 g/mol. The van der Waals surface area contributed by atoms with E-state index in [9.17, 15) is 14.0 Å². The molecule has 0 radical (unpaired) electrons. The van der Waals surface area contributed by atoms with Crippen LogP contribution in [0.4, 0.5) is 10.1 Å². The summed E-state index contributed by atoms with van der Waals surface area (Å²) >= 11 is 1.34. The van der Waals surface area contributed by atoms with E-state index in [-0.39, 0.29) is 23.4 Å². The summed E-state index contributed by atoms with van der Waals surface area (Å²) in [6.45, 7) is 1.12. The van der Waals surface area contributed by atoms with E-state index in [0.29, 0.717) is 25.9 Å². The highest BCUT2D eigenvalue weighted by Gasteiger charge is 2.48. The number of carbonyl (C=O) groups is 2. The van der Waals surface area contributed by atoms with Gasteiger partial charge in [0, 0.05) is 23.7 Å². The molecular formula is C20H19FN2O2S. The summed E-state index contributed by atoms with van der Waals surface area (Å²) in [7, 11) is 0. The molecule has 0 bridgehead atoms. The number of piperidine rings is 1. The number of carbonyl (C=O) groups excluding carboxylic acids is 2. The molecule has 1 N–H and O–H groups in total. The van der Waals surface area contributed by atoms with Crippen molar-refractivity contribution < 1.29 is 14.0 Å². The molecule has 1 fully saturated rings. The molecule has 134 valence electrons. The zero-order valence-corrected chi connectivity index (χ0v) is 15.0. The summed E-state index contributed by atoms with van der Waals surface area (Å²) in [5.74, 6) is 0.0493. The third kappa shape index (κ3) is 2.98. The summed E-state index contributed by atoms with van der Waals surface area (Å²) in [5.41, 5.74) is 1.42. The Bertz CT molecular complexity index is 862. The van der Waals surface area contributed by atoms with Crippen molar-refractivity contribution in [2.75, 3.05) is 24.2 Å². The van der Waals surface area contributed by atoms with E-state index >= 15 is 0 Å². The lowest BCUT2D eigenvalue weighted by Gasteiger charge is -2.38. The molecule has 2 aliphatic heterocycles. The van der Waals surface area contributed by atoms with Crippen LogP contribution in [0.3, 0.4) is 0 Å². The summed E-state index contributed by atoms with van der Waals surface area (Å²) in [5, 5.41) is 2.97. The minimum Gasteiger partial charge on any atom is -0.342 e. The highest BCUT2D eigenvalue weighted by molar-refractivity contribution is 8.00. The first-order valence-corrected chi connectivity index (χ1v) is 9.64. The molecule has 0 atom stereocenters. The topological polar surface area (TPSA) is 49.4 Å².